The fourth-order valence-electron chi connectivity index (χ4n) is 6.29. The molecule has 5 aromatic rings. The monoisotopic (exact) mass is 522 g/mol. The second-order valence-electron chi connectivity index (χ2n) is 10.2. The highest BCUT2D eigenvalue weighted by atomic mass is 16.2. The van der Waals surface area contributed by atoms with Crippen molar-refractivity contribution in [1.82, 2.24) is 44.6 Å². The van der Waals surface area contributed by atoms with Gasteiger partial charge >= 0.3 is 0 Å². The number of fused-ring (bicyclic) bond motifs is 3. The average molecular weight is 523 g/mol. The molecule has 2 aliphatic heterocycles. The lowest BCUT2D eigenvalue weighted by molar-refractivity contribution is 0.0556. The Labute approximate surface area is 222 Å². The van der Waals surface area contributed by atoms with Gasteiger partial charge in [-0.25, -0.2) is 15.0 Å². The molecule has 196 valence electrons. The molecular formula is C27H26N10O2. The van der Waals surface area contributed by atoms with Gasteiger partial charge in [-0.3, -0.25) is 14.7 Å². The van der Waals surface area contributed by atoms with E-state index in [1.807, 2.05) is 29.2 Å². The topological polar surface area (TPSA) is 164 Å². The smallest absolute Gasteiger partial charge is 0.291 e. The molecule has 2 fully saturated rings. The summed E-state index contributed by atoms with van der Waals surface area (Å²) in [6.07, 6.45) is 9.77. The number of aromatic amines is 2. The van der Waals surface area contributed by atoms with Crippen molar-refractivity contribution >= 4 is 23.2 Å². The molecule has 12 heteroatoms. The van der Waals surface area contributed by atoms with Crippen LogP contribution in [0, 0.1) is 0 Å². The molecule has 0 saturated carbocycles. The standard InChI is InChI=1S/C27H26N10O2/c1-14(38)21-22(17-10-18-6-7-19(11-17)36(18)27(39)25-31-13-32-35-25)34-26-20(12-33-37(26)23(21)28)15-2-4-16(5-3-15)24-29-8-9-30-24/h2-5,8-9,12-13,17-19H,6-7,10-11,28H2,1H3,(H,29,30)(H,31,32,35)/t17?,18-,19+. The highest BCUT2D eigenvalue weighted by molar-refractivity contribution is 6.00. The molecule has 3 atom stereocenters. The summed E-state index contributed by atoms with van der Waals surface area (Å²) < 4.78 is 1.55. The number of ketones is 1. The van der Waals surface area contributed by atoms with Gasteiger partial charge in [0.1, 0.15) is 18.0 Å². The number of anilines is 1. The summed E-state index contributed by atoms with van der Waals surface area (Å²) >= 11 is 0. The molecule has 1 amide bonds. The second-order valence-corrected chi connectivity index (χ2v) is 10.2. The van der Waals surface area contributed by atoms with Crippen molar-refractivity contribution in [2.45, 2.75) is 50.6 Å². The number of carbonyl (C=O) groups is 2. The van der Waals surface area contributed by atoms with Crippen LogP contribution in [0.25, 0.3) is 28.2 Å². The molecule has 6 heterocycles. The molecule has 12 nitrogen and oxygen atoms in total. The van der Waals surface area contributed by atoms with E-state index in [0.717, 1.165) is 35.4 Å². The maximum atomic E-state index is 13.1. The number of H-pyrrole nitrogens is 2. The van der Waals surface area contributed by atoms with E-state index < -0.39 is 0 Å². The Bertz CT molecular complexity index is 1670. The Morgan fingerprint density at radius 3 is 2.44 bits per heavy atom. The largest absolute Gasteiger partial charge is 0.383 e. The average Bonchev–Trinajstić information content (AvgIpc) is 3.75. The number of nitrogen functional groups attached to an aromatic ring is 1. The minimum absolute atomic E-state index is 0.0171. The lowest BCUT2D eigenvalue weighted by Crippen LogP contribution is -2.46. The van der Waals surface area contributed by atoms with Gasteiger partial charge in [0.15, 0.2) is 11.4 Å². The fraction of sp³-hybridized carbons (Fsp3) is 0.296. The van der Waals surface area contributed by atoms with Crippen molar-refractivity contribution in [3.8, 4) is 22.5 Å². The van der Waals surface area contributed by atoms with Crippen molar-refractivity contribution in [2.75, 3.05) is 5.73 Å². The van der Waals surface area contributed by atoms with Crippen LogP contribution in [-0.2, 0) is 0 Å². The third-order valence-corrected chi connectivity index (χ3v) is 8.00. The van der Waals surface area contributed by atoms with Crippen LogP contribution in [0.1, 0.15) is 65.2 Å². The first-order valence-electron chi connectivity index (χ1n) is 13.0. The van der Waals surface area contributed by atoms with E-state index in [2.05, 4.69) is 30.2 Å². The van der Waals surface area contributed by atoms with Crippen molar-refractivity contribution in [1.29, 1.82) is 0 Å². The molecule has 7 rings (SSSR count). The van der Waals surface area contributed by atoms with Crippen LogP contribution in [0.3, 0.4) is 0 Å². The molecule has 0 aliphatic carbocycles. The number of aromatic nitrogens is 8. The minimum Gasteiger partial charge on any atom is -0.383 e. The van der Waals surface area contributed by atoms with Gasteiger partial charge in [0.2, 0.25) is 5.82 Å². The number of amides is 1. The van der Waals surface area contributed by atoms with Crippen LogP contribution in [0.4, 0.5) is 5.82 Å². The normalized spacial score (nSPS) is 20.5. The molecule has 4 N–H and O–H groups in total. The van der Waals surface area contributed by atoms with Gasteiger partial charge < -0.3 is 15.6 Å². The highest BCUT2D eigenvalue weighted by Crippen LogP contribution is 2.45. The number of nitrogens with two attached hydrogens (primary N) is 1. The van der Waals surface area contributed by atoms with E-state index >= 15 is 0 Å². The third-order valence-electron chi connectivity index (χ3n) is 8.00. The van der Waals surface area contributed by atoms with E-state index in [9.17, 15) is 9.59 Å². The van der Waals surface area contributed by atoms with E-state index in [-0.39, 0.29) is 41.3 Å². The van der Waals surface area contributed by atoms with Gasteiger partial charge in [0.05, 0.1) is 17.5 Å². The van der Waals surface area contributed by atoms with Gasteiger partial charge in [-0.2, -0.15) is 14.7 Å². The van der Waals surface area contributed by atoms with Gasteiger partial charge in [0.25, 0.3) is 5.91 Å². The zero-order chi connectivity index (χ0) is 26.7. The molecule has 2 saturated heterocycles. The summed E-state index contributed by atoms with van der Waals surface area (Å²) in [6.45, 7) is 1.51. The Morgan fingerprint density at radius 1 is 1.05 bits per heavy atom. The van der Waals surface area contributed by atoms with Gasteiger partial charge in [-0.15, -0.1) is 0 Å². The number of rotatable bonds is 5. The highest BCUT2D eigenvalue weighted by Gasteiger charge is 2.45. The van der Waals surface area contributed by atoms with Gasteiger partial charge in [-0.05, 0) is 38.2 Å². The number of Topliss-reactive ketones (excluding diaryl/α,β-unsaturated/α-hetero) is 1. The number of hydrogen-bond donors (Lipinski definition) is 3. The van der Waals surface area contributed by atoms with Crippen LogP contribution < -0.4 is 5.73 Å². The summed E-state index contributed by atoms with van der Waals surface area (Å²) in [5.74, 6) is 1.03. The molecular weight excluding hydrogens is 496 g/mol. The lowest BCUT2D eigenvalue weighted by Gasteiger charge is -2.38. The maximum Gasteiger partial charge on any atom is 0.291 e. The second kappa shape index (κ2) is 8.86. The minimum atomic E-state index is -0.149. The number of carbonyl (C=O) groups excluding carboxylic acids is 2. The zero-order valence-electron chi connectivity index (χ0n) is 21.2. The summed E-state index contributed by atoms with van der Waals surface area (Å²) in [6, 6.07) is 8.04. The summed E-state index contributed by atoms with van der Waals surface area (Å²) in [5, 5.41) is 11.0. The number of imidazole rings is 1. The molecule has 1 aromatic carbocycles. The lowest BCUT2D eigenvalue weighted by atomic mass is 9.85. The van der Waals surface area contributed by atoms with E-state index in [1.165, 1.54) is 13.3 Å². The van der Waals surface area contributed by atoms with E-state index in [0.29, 0.717) is 29.7 Å². The molecule has 0 radical (unpaired) electrons. The van der Waals surface area contributed by atoms with Crippen LogP contribution in [0.5, 0.6) is 0 Å². The van der Waals surface area contributed by atoms with E-state index in [1.54, 1.807) is 23.1 Å². The molecule has 2 bridgehead atoms. The predicted octanol–water partition coefficient (Wildman–Crippen LogP) is 3.24. The summed E-state index contributed by atoms with van der Waals surface area (Å²) in [4.78, 5) is 44.4. The van der Waals surface area contributed by atoms with Crippen molar-refractivity contribution in [2.24, 2.45) is 0 Å². The zero-order valence-corrected chi connectivity index (χ0v) is 21.2. The Hall–Kier alpha value is -4.87. The van der Waals surface area contributed by atoms with E-state index in [4.69, 9.17) is 10.7 Å². The maximum absolute atomic E-state index is 13.1. The first kappa shape index (κ1) is 23.3. The Kier molecular flexibility index (Phi) is 5.28. The predicted molar refractivity (Wildman–Crippen MR) is 142 cm³/mol. The number of benzene rings is 1. The fourth-order valence-corrected chi connectivity index (χ4v) is 6.29. The van der Waals surface area contributed by atoms with Gasteiger partial charge in [0, 0.05) is 41.5 Å². The molecule has 1 unspecified atom stereocenters. The quantitative estimate of drug-likeness (QED) is 0.296. The molecule has 0 spiro atoms. The number of piperidine rings is 1. The molecule has 39 heavy (non-hydrogen) atoms. The summed E-state index contributed by atoms with van der Waals surface area (Å²) in [5.41, 5.74) is 11.0. The van der Waals surface area contributed by atoms with Crippen molar-refractivity contribution in [3.05, 3.63) is 66.3 Å². The SMILES string of the molecule is CC(=O)c1c(C2C[C@H]3CC[C@@H](C2)N3C(=O)c2ncn[nH]2)nc2c(-c3ccc(-c4ncc[nH]4)cc3)cnn2c1N. The Balaban J connectivity index is 1.27. The number of hydrogen-bond acceptors (Lipinski definition) is 8. The molecule has 2 aliphatic rings. The van der Waals surface area contributed by atoms with Crippen LogP contribution in [0.2, 0.25) is 0 Å². The van der Waals surface area contributed by atoms with Crippen LogP contribution in [0.15, 0.2) is 49.2 Å². The third kappa shape index (κ3) is 3.70. The van der Waals surface area contributed by atoms with Crippen LogP contribution in [-0.4, -0.2) is 68.4 Å². The van der Waals surface area contributed by atoms with Crippen LogP contribution >= 0.6 is 0 Å². The number of nitrogens with one attached hydrogen (secondary N) is 2. The Morgan fingerprint density at radius 2 is 1.79 bits per heavy atom. The summed E-state index contributed by atoms with van der Waals surface area (Å²) in [7, 11) is 0. The molecule has 4 aromatic heterocycles. The van der Waals surface area contributed by atoms with Crippen molar-refractivity contribution < 1.29 is 9.59 Å². The first-order chi connectivity index (χ1) is 19.0. The first-order valence-corrected chi connectivity index (χ1v) is 13.0. The number of nitrogens with zero attached hydrogens (tertiary/aromatic N) is 7. The van der Waals surface area contributed by atoms with Crippen molar-refractivity contribution in [3.63, 3.8) is 0 Å². The van der Waals surface area contributed by atoms with Gasteiger partial charge in [-0.1, -0.05) is 24.3 Å².